The molecular formula is C11H17ClN2O. The van der Waals surface area contributed by atoms with Crippen LogP contribution in [0, 0.1) is 6.92 Å². The smallest absolute Gasteiger partial charge is 0.124 e. The second-order valence-corrected chi connectivity index (χ2v) is 4.14. The Kier molecular flexibility index (Phi) is 3.97. The van der Waals surface area contributed by atoms with E-state index < -0.39 is 0 Å². The summed E-state index contributed by atoms with van der Waals surface area (Å²) in [6.07, 6.45) is 0. The maximum atomic E-state index is 6.04. The Morgan fingerprint density at radius 1 is 1.33 bits per heavy atom. The molecule has 0 aliphatic carbocycles. The summed E-state index contributed by atoms with van der Waals surface area (Å²) in [5.74, 6) is 0.738. The number of aryl methyl sites for hydroxylation is 1. The van der Waals surface area contributed by atoms with Gasteiger partial charge >= 0.3 is 0 Å². The number of rotatable bonds is 3. The molecule has 84 valence electrons. The first-order valence-electron chi connectivity index (χ1n) is 4.82. The zero-order valence-electron chi connectivity index (χ0n) is 9.25. The third-order valence-corrected chi connectivity index (χ3v) is 2.84. The van der Waals surface area contributed by atoms with Crippen LogP contribution in [-0.4, -0.2) is 13.2 Å². The van der Waals surface area contributed by atoms with Crippen LogP contribution in [0.3, 0.4) is 0 Å². The summed E-state index contributed by atoms with van der Waals surface area (Å²) < 4.78 is 5.26. The molecule has 0 aliphatic rings. The summed E-state index contributed by atoms with van der Waals surface area (Å²) in [5.41, 5.74) is 13.5. The molecule has 3 nitrogen and oxygen atoms in total. The predicted molar refractivity (Wildman–Crippen MR) is 63.3 cm³/mol. The quantitative estimate of drug-likeness (QED) is 0.832. The summed E-state index contributed by atoms with van der Waals surface area (Å²) in [4.78, 5) is 0. The van der Waals surface area contributed by atoms with E-state index in [4.69, 9.17) is 27.8 Å². The average molecular weight is 229 g/mol. The highest BCUT2D eigenvalue weighted by Crippen LogP contribution is 2.30. The zero-order chi connectivity index (χ0) is 11.6. The number of ether oxygens (including phenoxy) is 1. The molecule has 1 rings (SSSR count). The number of nitrogens with two attached hydrogens (primary N) is 2. The molecule has 2 unspecified atom stereocenters. The maximum absolute atomic E-state index is 6.04. The largest absolute Gasteiger partial charge is 0.496 e. The van der Waals surface area contributed by atoms with Gasteiger partial charge in [-0.25, -0.2) is 0 Å². The highest BCUT2D eigenvalue weighted by atomic mass is 35.5. The number of hydrogen-bond donors (Lipinski definition) is 2. The van der Waals surface area contributed by atoms with E-state index in [2.05, 4.69) is 0 Å². The SMILES string of the molecule is COc1cc(C)c(Cl)cc1C(N)C(C)N. The van der Waals surface area contributed by atoms with Crippen LogP contribution in [0.15, 0.2) is 12.1 Å². The van der Waals surface area contributed by atoms with Gasteiger partial charge in [-0.2, -0.15) is 0 Å². The molecule has 1 aromatic carbocycles. The van der Waals surface area contributed by atoms with Crippen LogP contribution in [0.1, 0.15) is 24.1 Å². The minimum absolute atomic E-state index is 0.141. The van der Waals surface area contributed by atoms with Crippen LogP contribution >= 0.6 is 11.6 Å². The highest BCUT2D eigenvalue weighted by molar-refractivity contribution is 6.31. The summed E-state index contributed by atoms with van der Waals surface area (Å²) >= 11 is 6.04. The second kappa shape index (κ2) is 4.84. The van der Waals surface area contributed by atoms with Gasteiger partial charge in [0, 0.05) is 22.7 Å². The molecule has 0 fully saturated rings. The van der Waals surface area contributed by atoms with Crippen molar-refractivity contribution in [3.05, 3.63) is 28.3 Å². The van der Waals surface area contributed by atoms with Crippen LogP contribution < -0.4 is 16.2 Å². The zero-order valence-corrected chi connectivity index (χ0v) is 10.0. The first-order chi connectivity index (χ1) is 6.97. The van der Waals surface area contributed by atoms with Gasteiger partial charge in [0.2, 0.25) is 0 Å². The van der Waals surface area contributed by atoms with Gasteiger partial charge < -0.3 is 16.2 Å². The minimum Gasteiger partial charge on any atom is -0.496 e. The minimum atomic E-state index is -0.266. The molecular weight excluding hydrogens is 212 g/mol. The van der Waals surface area contributed by atoms with Gasteiger partial charge in [0.05, 0.1) is 7.11 Å². The topological polar surface area (TPSA) is 61.3 Å². The van der Waals surface area contributed by atoms with Crippen molar-refractivity contribution >= 4 is 11.6 Å². The van der Waals surface area contributed by atoms with E-state index in [1.165, 1.54) is 0 Å². The van der Waals surface area contributed by atoms with Crippen molar-refractivity contribution in [2.45, 2.75) is 25.9 Å². The summed E-state index contributed by atoms with van der Waals surface area (Å²) in [5, 5.41) is 0.682. The van der Waals surface area contributed by atoms with Crippen molar-refractivity contribution < 1.29 is 4.74 Å². The van der Waals surface area contributed by atoms with E-state index in [1.807, 2.05) is 26.0 Å². The van der Waals surface area contributed by atoms with E-state index in [1.54, 1.807) is 7.11 Å². The van der Waals surface area contributed by atoms with E-state index in [-0.39, 0.29) is 12.1 Å². The Bertz CT molecular complexity index is 353. The van der Waals surface area contributed by atoms with Gasteiger partial charge in [0.25, 0.3) is 0 Å². The monoisotopic (exact) mass is 228 g/mol. The standard InChI is InChI=1S/C11H17ClN2O/c1-6-4-10(15-3)8(5-9(6)12)11(14)7(2)13/h4-5,7,11H,13-14H2,1-3H3. The summed E-state index contributed by atoms with van der Waals surface area (Å²) in [7, 11) is 1.61. The lowest BCUT2D eigenvalue weighted by Gasteiger charge is -2.19. The third-order valence-electron chi connectivity index (χ3n) is 2.44. The molecule has 0 amide bonds. The van der Waals surface area contributed by atoms with Gasteiger partial charge in [-0.15, -0.1) is 0 Å². The second-order valence-electron chi connectivity index (χ2n) is 3.73. The highest BCUT2D eigenvalue weighted by Gasteiger charge is 2.17. The van der Waals surface area contributed by atoms with Crippen LogP contribution in [0.4, 0.5) is 0 Å². The number of methoxy groups -OCH3 is 1. The average Bonchev–Trinajstić information content (AvgIpc) is 2.20. The lowest BCUT2D eigenvalue weighted by molar-refractivity contribution is 0.401. The maximum Gasteiger partial charge on any atom is 0.124 e. The fraction of sp³-hybridized carbons (Fsp3) is 0.455. The van der Waals surface area contributed by atoms with Crippen LogP contribution in [-0.2, 0) is 0 Å². The molecule has 4 N–H and O–H groups in total. The van der Waals surface area contributed by atoms with Crippen molar-refractivity contribution in [2.24, 2.45) is 11.5 Å². The number of hydrogen-bond acceptors (Lipinski definition) is 3. The van der Waals surface area contributed by atoms with E-state index >= 15 is 0 Å². The van der Waals surface area contributed by atoms with Crippen molar-refractivity contribution in [3.63, 3.8) is 0 Å². The van der Waals surface area contributed by atoms with Crippen molar-refractivity contribution in [2.75, 3.05) is 7.11 Å². The van der Waals surface area contributed by atoms with E-state index in [9.17, 15) is 0 Å². The van der Waals surface area contributed by atoms with E-state index in [0.717, 1.165) is 16.9 Å². The molecule has 0 saturated carbocycles. The van der Waals surface area contributed by atoms with Gasteiger partial charge in [-0.3, -0.25) is 0 Å². The van der Waals surface area contributed by atoms with Crippen molar-refractivity contribution in [1.82, 2.24) is 0 Å². The fourth-order valence-corrected chi connectivity index (χ4v) is 1.56. The molecule has 1 aromatic rings. The van der Waals surface area contributed by atoms with Crippen LogP contribution in [0.2, 0.25) is 5.02 Å². The van der Waals surface area contributed by atoms with Crippen LogP contribution in [0.5, 0.6) is 5.75 Å². The molecule has 0 bridgehead atoms. The Morgan fingerprint density at radius 2 is 1.93 bits per heavy atom. The Labute approximate surface area is 95.4 Å². The molecule has 0 heterocycles. The van der Waals surface area contributed by atoms with Gasteiger partial charge in [-0.1, -0.05) is 11.6 Å². The van der Waals surface area contributed by atoms with Crippen LogP contribution in [0.25, 0.3) is 0 Å². The Hall–Kier alpha value is -0.770. The van der Waals surface area contributed by atoms with Crippen molar-refractivity contribution in [3.8, 4) is 5.75 Å². The summed E-state index contributed by atoms with van der Waals surface area (Å²) in [6.45, 7) is 3.78. The molecule has 2 atom stereocenters. The molecule has 0 aromatic heterocycles. The lowest BCUT2D eigenvalue weighted by atomic mass is 9.99. The van der Waals surface area contributed by atoms with Crippen molar-refractivity contribution in [1.29, 1.82) is 0 Å². The van der Waals surface area contributed by atoms with Gasteiger partial charge in [-0.05, 0) is 31.5 Å². The molecule has 0 aliphatic heterocycles. The third kappa shape index (κ3) is 2.62. The predicted octanol–water partition coefficient (Wildman–Crippen LogP) is 2.00. The molecule has 0 saturated heterocycles. The first kappa shape index (κ1) is 12.3. The normalized spacial score (nSPS) is 14.8. The fourth-order valence-electron chi connectivity index (χ4n) is 1.39. The Morgan fingerprint density at radius 3 is 2.40 bits per heavy atom. The molecule has 4 heteroatoms. The molecule has 0 radical (unpaired) electrons. The Balaban J connectivity index is 3.21. The van der Waals surface area contributed by atoms with Gasteiger partial charge in [0.15, 0.2) is 0 Å². The lowest BCUT2D eigenvalue weighted by Crippen LogP contribution is -2.31. The first-order valence-corrected chi connectivity index (χ1v) is 5.20. The molecule has 15 heavy (non-hydrogen) atoms. The van der Waals surface area contributed by atoms with E-state index in [0.29, 0.717) is 5.02 Å². The summed E-state index contributed by atoms with van der Waals surface area (Å²) in [6, 6.07) is 3.29. The number of halogens is 1. The number of benzene rings is 1. The van der Waals surface area contributed by atoms with Gasteiger partial charge in [0.1, 0.15) is 5.75 Å². The molecule has 0 spiro atoms.